The molecule has 0 unspecified atom stereocenters. The molecule has 0 saturated heterocycles. The molecule has 0 radical (unpaired) electrons. The molecule has 0 bridgehead atoms. The van der Waals surface area contributed by atoms with Gasteiger partial charge in [0.15, 0.2) is 0 Å². The minimum Gasteiger partial charge on any atom is -0.312 e. The second-order valence-electron chi connectivity index (χ2n) is 4.41. The van der Waals surface area contributed by atoms with Gasteiger partial charge in [-0.05, 0) is 12.8 Å². The molecule has 0 heterocycles. The lowest BCUT2D eigenvalue weighted by Gasteiger charge is -2.27. The monoisotopic (exact) mass is 258 g/mol. The molecular formula is C14H18N4O. The molecule has 0 amide bonds. The van der Waals surface area contributed by atoms with Crippen molar-refractivity contribution in [3.05, 3.63) is 0 Å². The summed E-state index contributed by atoms with van der Waals surface area (Å²) in [5.41, 5.74) is -3.43. The van der Waals surface area contributed by atoms with Crippen molar-refractivity contribution in [1.82, 2.24) is 0 Å². The summed E-state index contributed by atoms with van der Waals surface area (Å²) in [7, 11) is 0. The summed E-state index contributed by atoms with van der Waals surface area (Å²) in [5.74, 6) is 0. The molecule has 0 aliphatic heterocycles. The van der Waals surface area contributed by atoms with Gasteiger partial charge in [-0.25, -0.2) is 0 Å². The largest absolute Gasteiger partial charge is 0.312 e. The predicted octanol–water partition coefficient (Wildman–Crippen LogP) is 2.96. The van der Waals surface area contributed by atoms with Crippen LogP contribution in [0.4, 0.5) is 0 Å². The smallest absolute Gasteiger partial charge is 0.243 e. The predicted molar refractivity (Wildman–Crippen MR) is 68.0 cm³/mol. The number of rotatable bonds is 8. The van der Waals surface area contributed by atoms with Gasteiger partial charge in [0.05, 0.1) is 0 Å². The lowest BCUT2D eigenvalue weighted by molar-refractivity contribution is -0.0476. The van der Waals surface area contributed by atoms with Gasteiger partial charge in [0, 0.05) is 12.8 Å². The highest BCUT2D eigenvalue weighted by atomic mass is 16.5. The van der Waals surface area contributed by atoms with Crippen LogP contribution in [0.15, 0.2) is 0 Å². The Morgan fingerprint density at radius 2 is 1.05 bits per heavy atom. The zero-order valence-corrected chi connectivity index (χ0v) is 11.4. The topological polar surface area (TPSA) is 104 Å². The van der Waals surface area contributed by atoms with Gasteiger partial charge >= 0.3 is 0 Å². The Labute approximate surface area is 114 Å². The molecule has 5 nitrogen and oxygen atoms in total. The Morgan fingerprint density at radius 1 is 0.737 bits per heavy atom. The molecule has 0 saturated carbocycles. The quantitative estimate of drug-likeness (QED) is 0.665. The van der Waals surface area contributed by atoms with Crippen LogP contribution in [0.25, 0.3) is 0 Å². The standard InChI is InChI=1S/C14H18N4O/c1-3-5-7-13(9-15,10-16)19-14(11-17,12-18)8-6-4-2/h3-8H2,1-2H3. The zero-order chi connectivity index (χ0) is 14.8. The normalized spacial score (nSPS) is 10.8. The third-order valence-electron chi connectivity index (χ3n) is 2.84. The summed E-state index contributed by atoms with van der Waals surface area (Å²) in [5, 5.41) is 36.7. The Bertz CT molecular complexity index is 374. The van der Waals surface area contributed by atoms with Crippen molar-refractivity contribution in [2.75, 3.05) is 0 Å². The van der Waals surface area contributed by atoms with Crippen molar-refractivity contribution in [2.45, 2.75) is 63.6 Å². The molecule has 0 spiro atoms. The van der Waals surface area contributed by atoms with E-state index in [0.29, 0.717) is 12.8 Å². The number of nitriles is 4. The summed E-state index contributed by atoms with van der Waals surface area (Å²) < 4.78 is 5.38. The first kappa shape index (κ1) is 16.9. The van der Waals surface area contributed by atoms with Gasteiger partial charge < -0.3 is 4.74 Å². The van der Waals surface area contributed by atoms with Crippen LogP contribution in [0.1, 0.15) is 52.4 Å². The van der Waals surface area contributed by atoms with E-state index in [1.54, 1.807) is 0 Å². The van der Waals surface area contributed by atoms with Gasteiger partial charge in [-0.15, -0.1) is 0 Å². The van der Waals surface area contributed by atoms with E-state index in [9.17, 15) is 0 Å². The minimum absolute atomic E-state index is 0.202. The van der Waals surface area contributed by atoms with Gasteiger partial charge in [-0.1, -0.05) is 26.7 Å². The van der Waals surface area contributed by atoms with E-state index in [2.05, 4.69) is 0 Å². The molecule has 100 valence electrons. The molecule has 19 heavy (non-hydrogen) atoms. The van der Waals surface area contributed by atoms with E-state index in [1.807, 2.05) is 38.1 Å². The third kappa shape index (κ3) is 4.59. The summed E-state index contributed by atoms with van der Waals surface area (Å²) in [6.07, 6.45) is 3.26. The van der Waals surface area contributed by atoms with E-state index in [0.717, 1.165) is 12.8 Å². The van der Waals surface area contributed by atoms with Crippen LogP contribution in [0.3, 0.4) is 0 Å². The van der Waals surface area contributed by atoms with Crippen LogP contribution >= 0.6 is 0 Å². The highest BCUT2D eigenvalue weighted by molar-refractivity contribution is 5.25. The van der Waals surface area contributed by atoms with Crippen molar-refractivity contribution >= 4 is 0 Å². The van der Waals surface area contributed by atoms with Crippen LogP contribution < -0.4 is 0 Å². The van der Waals surface area contributed by atoms with Gasteiger partial charge in [-0.3, -0.25) is 0 Å². The molecule has 0 N–H and O–H groups in total. The first-order chi connectivity index (χ1) is 9.07. The second kappa shape index (κ2) is 8.10. The van der Waals surface area contributed by atoms with E-state index in [-0.39, 0.29) is 12.8 Å². The maximum Gasteiger partial charge on any atom is 0.243 e. The third-order valence-corrected chi connectivity index (χ3v) is 2.84. The van der Waals surface area contributed by atoms with Gasteiger partial charge in [0.1, 0.15) is 24.3 Å². The Hall–Kier alpha value is -2.08. The van der Waals surface area contributed by atoms with Crippen molar-refractivity contribution in [2.24, 2.45) is 0 Å². The van der Waals surface area contributed by atoms with E-state index in [1.165, 1.54) is 0 Å². The van der Waals surface area contributed by atoms with Crippen molar-refractivity contribution in [1.29, 1.82) is 21.0 Å². The van der Waals surface area contributed by atoms with Crippen LogP contribution in [-0.2, 0) is 4.74 Å². The number of hydrogen-bond acceptors (Lipinski definition) is 5. The van der Waals surface area contributed by atoms with Gasteiger partial charge in [-0.2, -0.15) is 21.0 Å². The SMILES string of the molecule is CCCCC(C#N)(C#N)OC(C#N)(C#N)CCCC. The van der Waals surface area contributed by atoms with Crippen molar-refractivity contribution < 1.29 is 4.74 Å². The number of ether oxygens (including phenoxy) is 1. The second-order valence-corrected chi connectivity index (χ2v) is 4.41. The molecule has 0 aromatic heterocycles. The lowest BCUT2D eigenvalue weighted by Crippen LogP contribution is -2.41. The fourth-order valence-electron chi connectivity index (χ4n) is 1.62. The number of hydrogen-bond donors (Lipinski definition) is 0. The van der Waals surface area contributed by atoms with E-state index < -0.39 is 11.2 Å². The summed E-state index contributed by atoms with van der Waals surface area (Å²) in [6, 6.07) is 7.26. The van der Waals surface area contributed by atoms with Crippen molar-refractivity contribution in [3.63, 3.8) is 0 Å². The summed E-state index contributed by atoms with van der Waals surface area (Å²) in [4.78, 5) is 0. The average Bonchev–Trinajstić information content (AvgIpc) is 2.48. The molecule has 0 atom stereocenters. The molecule has 0 aliphatic rings. The molecular weight excluding hydrogens is 240 g/mol. The molecule has 0 aliphatic carbocycles. The average molecular weight is 258 g/mol. The van der Waals surface area contributed by atoms with Crippen LogP contribution in [-0.4, -0.2) is 11.2 Å². The fraction of sp³-hybridized carbons (Fsp3) is 0.714. The molecule has 0 rings (SSSR count). The van der Waals surface area contributed by atoms with Crippen LogP contribution in [0.2, 0.25) is 0 Å². The Balaban J connectivity index is 5.20. The highest BCUT2D eigenvalue weighted by Crippen LogP contribution is 2.28. The molecule has 0 aromatic rings. The molecule has 0 aromatic carbocycles. The highest BCUT2D eigenvalue weighted by Gasteiger charge is 2.43. The maximum atomic E-state index is 9.17. The van der Waals surface area contributed by atoms with Crippen LogP contribution in [0, 0.1) is 45.3 Å². The van der Waals surface area contributed by atoms with E-state index >= 15 is 0 Å². The Kier molecular flexibility index (Phi) is 7.21. The fourth-order valence-corrected chi connectivity index (χ4v) is 1.62. The van der Waals surface area contributed by atoms with Crippen LogP contribution in [0.5, 0.6) is 0 Å². The molecule has 5 heteroatoms. The minimum atomic E-state index is -1.71. The number of nitrogens with zero attached hydrogens (tertiary/aromatic N) is 4. The van der Waals surface area contributed by atoms with Crippen molar-refractivity contribution in [3.8, 4) is 24.3 Å². The maximum absolute atomic E-state index is 9.17. The number of unbranched alkanes of at least 4 members (excludes halogenated alkanes) is 2. The van der Waals surface area contributed by atoms with Gasteiger partial charge in [0.25, 0.3) is 0 Å². The Morgan fingerprint density at radius 3 is 1.26 bits per heavy atom. The molecule has 0 fully saturated rings. The zero-order valence-electron chi connectivity index (χ0n) is 11.4. The summed E-state index contributed by atoms with van der Waals surface area (Å²) >= 11 is 0. The first-order valence-corrected chi connectivity index (χ1v) is 6.42. The first-order valence-electron chi connectivity index (χ1n) is 6.42. The van der Waals surface area contributed by atoms with Gasteiger partial charge in [0.2, 0.25) is 11.2 Å². The summed E-state index contributed by atoms with van der Waals surface area (Å²) in [6.45, 7) is 3.86. The van der Waals surface area contributed by atoms with E-state index in [4.69, 9.17) is 25.8 Å². The lowest BCUT2D eigenvalue weighted by atomic mass is 9.95.